The largest absolute Gasteiger partial charge is 0.470 e. The lowest BCUT2D eigenvalue weighted by atomic mass is 10.1. The van der Waals surface area contributed by atoms with Gasteiger partial charge in [-0.2, -0.15) is 0 Å². The first-order valence-electron chi connectivity index (χ1n) is 8.15. The van der Waals surface area contributed by atoms with Gasteiger partial charge in [0.05, 0.1) is 10.3 Å². The van der Waals surface area contributed by atoms with Crippen LogP contribution >= 0.6 is 0 Å². The number of nitrogens with zero attached hydrogens (tertiary/aromatic N) is 3. The van der Waals surface area contributed by atoms with Gasteiger partial charge in [-0.3, -0.25) is 14.9 Å². The van der Waals surface area contributed by atoms with E-state index >= 15 is 0 Å². The van der Waals surface area contributed by atoms with Crippen molar-refractivity contribution in [3.8, 4) is 5.75 Å². The quantitative estimate of drug-likeness (QED) is 0.539. The molecule has 2 N–H and O–H groups in total. The summed E-state index contributed by atoms with van der Waals surface area (Å²) in [6.45, 7) is 3.28. The summed E-state index contributed by atoms with van der Waals surface area (Å²) in [4.78, 5) is 31.2. The van der Waals surface area contributed by atoms with Gasteiger partial charge in [-0.25, -0.2) is 9.97 Å². The fourth-order valence-electron chi connectivity index (χ4n) is 2.89. The van der Waals surface area contributed by atoms with Gasteiger partial charge >= 0.3 is 0 Å². The summed E-state index contributed by atoms with van der Waals surface area (Å²) in [5.74, 6) is 0.625. The van der Waals surface area contributed by atoms with E-state index < -0.39 is 10.5 Å². The molecule has 3 aromatic rings. The summed E-state index contributed by atoms with van der Waals surface area (Å²) in [7, 11) is 0. The minimum Gasteiger partial charge on any atom is -0.470 e. The van der Waals surface area contributed by atoms with Gasteiger partial charge in [-0.1, -0.05) is 18.2 Å². The van der Waals surface area contributed by atoms with Crippen molar-refractivity contribution >= 4 is 39.7 Å². The average molecular weight is 365 g/mol. The number of hydrogen-bond acceptors (Lipinski definition) is 7. The molecule has 0 aliphatic carbocycles. The molecule has 1 aliphatic rings. The van der Waals surface area contributed by atoms with Gasteiger partial charge in [-0.15, -0.1) is 0 Å². The Morgan fingerprint density at radius 3 is 2.63 bits per heavy atom. The highest BCUT2D eigenvalue weighted by Gasteiger charge is 2.37. The van der Waals surface area contributed by atoms with Crippen LogP contribution in [0.1, 0.15) is 13.8 Å². The predicted octanol–water partition coefficient (Wildman–Crippen LogP) is 3.39. The molecular formula is C18H15N5O4. The number of fused-ring (bicyclic) bond motifs is 2. The molecule has 0 unspecified atom stereocenters. The Morgan fingerprint density at radius 1 is 1.15 bits per heavy atom. The second-order valence-electron chi connectivity index (χ2n) is 6.53. The summed E-state index contributed by atoms with van der Waals surface area (Å²) in [5.41, 5.74) is -0.438. The Labute approximate surface area is 153 Å². The Hall–Kier alpha value is -3.75. The first kappa shape index (κ1) is 16.7. The Kier molecular flexibility index (Phi) is 3.65. The molecule has 9 heteroatoms. The van der Waals surface area contributed by atoms with Crippen molar-refractivity contribution in [3.63, 3.8) is 0 Å². The first-order valence-corrected chi connectivity index (χ1v) is 8.15. The third kappa shape index (κ3) is 2.78. The number of hydrogen-bond donors (Lipinski definition) is 2. The van der Waals surface area contributed by atoms with Crippen molar-refractivity contribution in [1.29, 1.82) is 0 Å². The lowest BCUT2D eigenvalue weighted by Crippen LogP contribution is -2.46. The number of non-ortho nitro benzene ring substituents is 1. The second-order valence-corrected chi connectivity index (χ2v) is 6.53. The van der Waals surface area contributed by atoms with Crippen LogP contribution in [-0.4, -0.2) is 26.4 Å². The third-order valence-electron chi connectivity index (χ3n) is 4.29. The normalized spacial score (nSPS) is 14.8. The number of nitro benzene ring substituents is 1. The molecule has 2 aromatic carbocycles. The summed E-state index contributed by atoms with van der Waals surface area (Å²) >= 11 is 0. The van der Waals surface area contributed by atoms with E-state index in [9.17, 15) is 14.9 Å². The van der Waals surface area contributed by atoms with Gasteiger partial charge in [0.2, 0.25) is 5.75 Å². The van der Waals surface area contributed by atoms with Crippen LogP contribution in [0, 0.1) is 10.1 Å². The van der Waals surface area contributed by atoms with Crippen molar-refractivity contribution in [2.24, 2.45) is 0 Å². The van der Waals surface area contributed by atoms with E-state index in [1.165, 1.54) is 12.4 Å². The van der Waals surface area contributed by atoms with Crippen molar-refractivity contribution in [3.05, 3.63) is 52.8 Å². The van der Waals surface area contributed by atoms with E-state index in [2.05, 4.69) is 20.6 Å². The number of anilines is 3. The molecule has 27 heavy (non-hydrogen) atoms. The van der Waals surface area contributed by atoms with Crippen molar-refractivity contribution in [2.45, 2.75) is 19.4 Å². The van der Waals surface area contributed by atoms with Gasteiger partial charge < -0.3 is 15.4 Å². The van der Waals surface area contributed by atoms with E-state index in [0.29, 0.717) is 28.0 Å². The number of ether oxygens (including phenoxy) is 1. The fraction of sp³-hybridized carbons (Fsp3) is 0.167. The predicted molar refractivity (Wildman–Crippen MR) is 99.3 cm³/mol. The number of benzene rings is 2. The average Bonchev–Trinajstić information content (AvgIpc) is 2.63. The number of nitro groups is 1. The summed E-state index contributed by atoms with van der Waals surface area (Å²) < 4.78 is 5.80. The van der Waals surface area contributed by atoms with Gasteiger partial charge in [0.25, 0.3) is 11.6 Å². The van der Waals surface area contributed by atoms with E-state index in [1.54, 1.807) is 44.2 Å². The molecule has 0 atom stereocenters. The van der Waals surface area contributed by atoms with Crippen LogP contribution in [-0.2, 0) is 4.79 Å². The van der Waals surface area contributed by atoms with Gasteiger partial charge in [0.1, 0.15) is 6.33 Å². The van der Waals surface area contributed by atoms with Crippen LogP contribution in [0.2, 0.25) is 0 Å². The monoisotopic (exact) mass is 365 g/mol. The van der Waals surface area contributed by atoms with Gasteiger partial charge in [0.15, 0.2) is 17.2 Å². The summed E-state index contributed by atoms with van der Waals surface area (Å²) in [6, 6.07) is 10.1. The molecule has 0 fully saturated rings. The van der Waals surface area contributed by atoms with Crippen LogP contribution in [0.3, 0.4) is 0 Å². The zero-order chi connectivity index (χ0) is 19.2. The highest BCUT2D eigenvalue weighted by molar-refractivity contribution is 6.02. The minimum atomic E-state index is -1.08. The fourth-order valence-corrected chi connectivity index (χ4v) is 2.89. The smallest absolute Gasteiger partial charge is 0.277 e. The van der Waals surface area contributed by atoms with Gasteiger partial charge in [-0.05, 0) is 26.0 Å². The topological polar surface area (TPSA) is 119 Å². The highest BCUT2D eigenvalue weighted by Crippen LogP contribution is 2.40. The zero-order valence-corrected chi connectivity index (χ0v) is 14.5. The van der Waals surface area contributed by atoms with Crippen LogP contribution in [0.15, 0.2) is 42.7 Å². The summed E-state index contributed by atoms with van der Waals surface area (Å²) in [5, 5.41) is 18.3. The van der Waals surface area contributed by atoms with E-state index in [1.807, 2.05) is 0 Å². The van der Waals surface area contributed by atoms with Crippen molar-refractivity contribution in [1.82, 2.24) is 9.97 Å². The van der Waals surface area contributed by atoms with E-state index in [4.69, 9.17) is 4.74 Å². The molecule has 0 saturated carbocycles. The third-order valence-corrected chi connectivity index (χ3v) is 4.29. The highest BCUT2D eigenvalue weighted by atomic mass is 16.6. The molecule has 1 aromatic heterocycles. The Bertz CT molecular complexity index is 1100. The van der Waals surface area contributed by atoms with Crippen LogP contribution < -0.4 is 15.4 Å². The number of aromatic nitrogens is 2. The van der Waals surface area contributed by atoms with Crippen molar-refractivity contribution < 1.29 is 14.5 Å². The number of carbonyl (C=O) groups is 1. The second kappa shape index (κ2) is 5.90. The molecule has 2 heterocycles. The zero-order valence-electron chi connectivity index (χ0n) is 14.5. The molecule has 1 amide bonds. The molecule has 0 saturated heterocycles. The summed E-state index contributed by atoms with van der Waals surface area (Å²) in [6.07, 6.45) is 1.30. The van der Waals surface area contributed by atoms with E-state index in [-0.39, 0.29) is 17.4 Å². The van der Waals surface area contributed by atoms with Crippen LogP contribution in [0.4, 0.5) is 23.0 Å². The maximum atomic E-state index is 12.0. The Balaban J connectivity index is 1.81. The van der Waals surface area contributed by atoms with Gasteiger partial charge in [0, 0.05) is 17.1 Å². The molecule has 0 bridgehead atoms. The SMILES string of the molecule is CC1(C)Oc2c(ncnc2Nc2ccc([N+](=O)[O-])c3ccccc23)NC1=O. The lowest BCUT2D eigenvalue weighted by Gasteiger charge is -2.31. The number of amides is 1. The standard InChI is InChI=1S/C18H15N5O4/c1-18(2)17(24)22-16-14(27-18)15(19-9-20-16)21-12-7-8-13(23(25)26)11-6-4-3-5-10(11)12/h3-9H,1-2H3,(H2,19,20,21,22,24). The maximum Gasteiger partial charge on any atom is 0.277 e. The lowest BCUT2D eigenvalue weighted by molar-refractivity contribution is -0.383. The number of nitrogens with one attached hydrogen (secondary N) is 2. The minimum absolute atomic E-state index is 0.0190. The number of carbonyl (C=O) groups excluding carboxylic acids is 1. The Morgan fingerprint density at radius 2 is 1.89 bits per heavy atom. The molecule has 4 rings (SSSR count). The first-order chi connectivity index (χ1) is 12.9. The van der Waals surface area contributed by atoms with Crippen LogP contribution in [0.25, 0.3) is 10.8 Å². The molecule has 9 nitrogen and oxygen atoms in total. The van der Waals surface area contributed by atoms with Crippen LogP contribution in [0.5, 0.6) is 5.75 Å². The molecule has 0 radical (unpaired) electrons. The van der Waals surface area contributed by atoms with E-state index in [0.717, 1.165) is 0 Å². The van der Waals surface area contributed by atoms with Crippen molar-refractivity contribution in [2.75, 3.05) is 10.6 Å². The maximum absolute atomic E-state index is 12.0. The molecule has 0 spiro atoms. The molecule has 136 valence electrons. The number of rotatable bonds is 3. The molecule has 1 aliphatic heterocycles. The molecular weight excluding hydrogens is 350 g/mol.